The molecule has 0 heterocycles. The first-order valence-corrected chi connectivity index (χ1v) is 7.31. The molecule has 0 aliphatic carbocycles. The maximum Gasteiger partial charge on any atom is 0.244 e. The molecule has 2 N–H and O–H groups in total. The number of phenolic OH excluding ortho intramolecular Hbond substituents is 1. The van der Waals surface area contributed by atoms with Gasteiger partial charge in [0.25, 0.3) is 0 Å². The lowest BCUT2D eigenvalue weighted by Gasteiger charge is -2.05. The number of nitrogens with one attached hydrogen (secondary N) is 1. The van der Waals surface area contributed by atoms with E-state index in [4.69, 9.17) is 4.74 Å². The van der Waals surface area contributed by atoms with Crippen molar-refractivity contribution in [1.29, 1.82) is 0 Å². The summed E-state index contributed by atoms with van der Waals surface area (Å²) < 4.78 is 6.05. The minimum Gasteiger partial charge on any atom is -0.508 e. The Kier molecular flexibility index (Phi) is 5.55. The van der Waals surface area contributed by atoms with Crippen molar-refractivity contribution in [2.24, 2.45) is 5.10 Å². The summed E-state index contributed by atoms with van der Waals surface area (Å²) in [4.78, 5) is 11.8. The van der Waals surface area contributed by atoms with Gasteiger partial charge in [0.05, 0.1) is 19.7 Å². The van der Waals surface area contributed by atoms with Crippen LogP contribution in [0.3, 0.4) is 0 Å². The van der Waals surface area contributed by atoms with Crippen LogP contribution in [0.2, 0.25) is 0 Å². The number of methoxy groups -OCH3 is 1. The van der Waals surface area contributed by atoms with E-state index in [1.165, 1.54) is 25.5 Å². The van der Waals surface area contributed by atoms with E-state index >= 15 is 0 Å². The molecule has 0 fully saturated rings. The fourth-order valence-corrected chi connectivity index (χ4v) is 2.30. The molecule has 0 atom stereocenters. The Labute approximate surface area is 136 Å². The summed E-state index contributed by atoms with van der Waals surface area (Å²) in [6.45, 7) is 0. The van der Waals surface area contributed by atoms with Gasteiger partial charge in [-0.15, -0.1) is 0 Å². The highest BCUT2D eigenvalue weighted by Crippen LogP contribution is 2.22. The Bertz CT molecular complexity index is 702. The lowest BCUT2D eigenvalue weighted by molar-refractivity contribution is -0.120. The summed E-state index contributed by atoms with van der Waals surface area (Å²) in [5.74, 6) is 0.366. The Morgan fingerprint density at radius 2 is 2.18 bits per heavy atom. The van der Waals surface area contributed by atoms with Crippen LogP contribution < -0.4 is 10.2 Å². The van der Waals surface area contributed by atoms with Gasteiger partial charge in [0, 0.05) is 16.1 Å². The van der Waals surface area contributed by atoms with Crippen molar-refractivity contribution in [1.82, 2.24) is 5.43 Å². The second-order valence-corrected chi connectivity index (χ2v) is 5.44. The van der Waals surface area contributed by atoms with E-state index in [1.807, 2.05) is 24.3 Å². The summed E-state index contributed by atoms with van der Waals surface area (Å²) in [6.07, 6.45) is 1.71. The molecule has 22 heavy (non-hydrogen) atoms. The SMILES string of the molecule is COc1cc(O)ccc1C=NNC(=O)Cc1cccc(Br)c1. The number of nitrogens with zero attached hydrogens (tertiary/aromatic N) is 1. The van der Waals surface area contributed by atoms with Crippen LogP contribution >= 0.6 is 15.9 Å². The number of phenols is 1. The van der Waals surface area contributed by atoms with Crippen molar-refractivity contribution in [3.05, 3.63) is 58.1 Å². The lowest BCUT2D eigenvalue weighted by Crippen LogP contribution is -2.19. The van der Waals surface area contributed by atoms with Crippen molar-refractivity contribution in [2.75, 3.05) is 7.11 Å². The van der Waals surface area contributed by atoms with Gasteiger partial charge in [-0.1, -0.05) is 28.1 Å². The summed E-state index contributed by atoms with van der Waals surface area (Å²) in [7, 11) is 1.50. The Balaban J connectivity index is 1.96. The normalized spacial score (nSPS) is 10.6. The molecule has 0 aliphatic rings. The number of carbonyl (C=O) groups is 1. The first-order chi connectivity index (χ1) is 10.6. The number of hydrogen-bond donors (Lipinski definition) is 2. The minimum atomic E-state index is -0.216. The van der Waals surface area contributed by atoms with E-state index in [-0.39, 0.29) is 18.1 Å². The molecule has 0 unspecified atom stereocenters. The molecule has 2 aromatic rings. The van der Waals surface area contributed by atoms with E-state index in [0.29, 0.717) is 11.3 Å². The van der Waals surface area contributed by atoms with Crippen LogP contribution in [0.1, 0.15) is 11.1 Å². The van der Waals surface area contributed by atoms with Crippen molar-refractivity contribution >= 4 is 28.1 Å². The third-order valence-electron chi connectivity index (χ3n) is 2.86. The fourth-order valence-electron chi connectivity index (χ4n) is 1.85. The molecule has 2 rings (SSSR count). The Hall–Kier alpha value is -2.34. The zero-order valence-electron chi connectivity index (χ0n) is 11.9. The second kappa shape index (κ2) is 7.61. The average Bonchev–Trinajstić information content (AvgIpc) is 2.48. The topological polar surface area (TPSA) is 70.9 Å². The van der Waals surface area contributed by atoms with Crippen LogP contribution in [-0.4, -0.2) is 24.3 Å². The van der Waals surface area contributed by atoms with Crippen molar-refractivity contribution in [3.63, 3.8) is 0 Å². The predicted octanol–water partition coefficient (Wildman–Crippen LogP) is 2.86. The van der Waals surface area contributed by atoms with Crippen LogP contribution in [0.15, 0.2) is 52.0 Å². The number of halogens is 1. The molecule has 0 spiro atoms. The van der Waals surface area contributed by atoms with Gasteiger partial charge >= 0.3 is 0 Å². The van der Waals surface area contributed by atoms with Gasteiger partial charge in [-0.05, 0) is 29.8 Å². The smallest absolute Gasteiger partial charge is 0.244 e. The summed E-state index contributed by atoms with van der Waals surface area (Å²) in [6, 6.07) is 12.2. The molecule has 0 aromatic heterocycles. The van der Waals surface area contributed by atoms with Gasteiger partial charge < -0.3 is 9.84 Å². The van der Waals surface area contributed by atoms with Crippen LogP contribution in [0, 0.1) is 0 Å². The standard InChI is InChI=1S/C16H15BrN2O3/c1-22-15-9-14(20)6-5-12(15)10-18-19-16(21)8-11-3-2-4-13(17)7-11/h2-7,9-10,20H,8H2,1H3,(H,19,21). The minimum absolute atomic E-state index is 0.104. The molecular formula is C16H15BrN2O3. The molecule has 6 heteroatoms. The predicted molar refractivity (Wildman–Crippen MR) is 88.2 cm³/mol. The fraction of sp³-hybridized carbons (Fsp3) is 0.125. The van der Waals surface area contributed by atoms with Crippen LogP contribution in [0.4, 0.5) is 0 Å². The number of hydrazone groups is 1. The Morgan fingerprint density at radius 1 is 1.36 bits per heavy atom. The van der Waals surface area contributed by atoms with E-state index in [0.717, 1.165) is 10.0 Å². The second-order valence-electron chi connectivity index (χ2n) is 4.53. The quantitative estimate of drug-likeness (QED) is 0.634. The molecule has 0 saturated heterocycles. The molecule has 1 amide bonds. The largest absolute Gasteiger partial charge is 0.508 e. The van der Waals surface area contributed by atoms with Crippen molar-refractivity contribution in [2.45, 2.75) is 6.42 Å². The van der Waals surface area contributed by atoms with E-state index in [2.05, 4.69) is 26.5 Å². The zero-order valence-corrected chi connectivity index (χ0v) is 13.5. The molecule has 0 bridgehead atoms. The van der Waals surface area contributed by atoms with Crippen molar-refractivity contribution < 1.29 is 14.6 Å². The first-order valence-electron chi connectivity index (χ1n) is 6.52. The number of rotatable bonds is 5. The number of hydrogen-bond acceptors (Lipinski definition) is 4. The van der Waals surface area contributed by atoms with Gasteiger partial charge in [-0.3, -0.25) is 4.79 Å². The highest BCUT2D eigenvalue weighted by molar-refractivity contribution is 9.10. The number of carbonyl (C=O) groups excluding carboxylic acids is 1. The average molecular weight is 363 g/mol. The maximum atomic E-state index is 11.8. The zero-order chi connectivity index (χ0) is 15.9. The number of ether oxygens (including phenoxy) is 1. The van der Waals surface area contributed by atoms with Crippen LogP contribution in [0.25, 0.3) is 0 Å². The molecule has 114 valence electrons. The molecule has 0 radical (unpaired) electrons. The van der Waals surface area contributed by atoms with Gasteiger partial charge in [0.1, 0.15) is 11.5 Å². The number of amides is 1. The van der Waals surface area contributed by atoms with Crippen molar-refractivity contribution in [3.8, 4) is 11.5 Å². The third kappa shape index (κ3) is 4.60. The summed E-state index contributed by atoms with van der Waals surface area (Å²) in [5.41, 5.74) is 4.01. The van der Waals surface area contributed by atoms with Gasteiger partial charge in [-0.2, -0.15) is 5.10 Å². The molecule has 0 aliphatic heterocycles. The van der Waals surface area contributed by atoms with E-state index < -0.39 is 0 Å². The van der Waals surface area contributed by atoms with Crippen LogP contribution in [0.5, 0.6) is 11.5 Å². The molecule has 0 saturated carbocycles. The van der Waals surface area contributed by atoms with Gasteiger partial charge in [0.15, 0.2) is 0 Å². The number of aromatic hydroxyl groups is 1. The maximum absolute atomic E-state index is 11.8. The first kappa shape index (κ1) is 16.0. The number of benzene rings is 2. The van der Waals surface area contributed by atoms with E-state index in [9.17, 15) is 9.90 Å². The molecule has 2 aromatic carbocycles. The summed E-state index contributed by atoms with van der Waals surface area (Å²) >= 11 is 3.36. The van der Waals surface area contributed by atoms with Gasteiger partial charge in [0.2, 0.25) is 5.91 Å². The highest BCUT2D eigenvalue weighted by atomic mass is 79.9. The monoisotopic (exact) mass is 362 g/mol. The van der Waals surface area contributed by atoms with Gasteiger partial charge in [-0.25, -0.2) is 5.43 Å². The molecule has 5 nitrogen and oxygen atoms in total. The van der Waals surface area contributed by atoms with Crippen LogP contribution in [-0.2, 0) is 11.2 Å². The Morgan fingerprint density at radius 3 is 2.91 bits per heavy atom. The summed E-state index contributed by atoms with van der Waals surface area (Å²) in [5, 5.41) is 13.3. The third-order valence-corrected chi connectivity index (χ3v) is 3.36. The lowest BCUT2D eigenvalue weighted by atomic mass is 10.1. The highest BCUT2D eigenvalue weighted by Gasteiger charge is 2.04. The molecular weight excluding hydrogens is 348 g/mol. The van der Waals surface area contributed by atoms with E-state index in [1.54, 1.807) is 6.07 Å².